The van der Waals surface area contributed by atoms with Gasteiger partial charge in [-0.15, -0.1) is 5.11 Å². The van der Waals surface area contributed by atoms with Crippen LogP contribution in [-0.2, 0) is 20.2 Å². The smallest absolute Gasteiger partial charge is 0.295 e. The minimum absolute atomic E-state index is 0. The molecule has 0 bridgehead atoms. The number of azo groups is 2. The fourth-order valence-electron chi connectivity index (χ4n) is 3.13. The molecular formula is C22H16N4Na2O7S2. The van der Waals surface area contributed by atoms with Gasteiger partial charge in [-0.1, -0.05) is 24.3 Å². The summed E-state index contributed by atoms with van der Waals surface area (Å²) in [4.78, 5) is -1.63. The second kappa shape index (κ2) is 12.7. The fraction of sp³-hybridized carbons (Fsp3) is 0. The average Bonchev–Trinajstić information content (AvgIpc) is 2.81. The van der Waals surface area contributed by atoms with Crippen LogP contribution in [0.3, 0.4) is 0 Å². The Hall–Kier alpha value is -2.04. The van der Waals surface area contributed by atoms with Crippen LogP contribution in [0.25, 0.3) is 10.8 Å². The number of phenols is 1. The number of phenolic OH excluding ortho intramolecular Hbond substituents is 1. The Kier molecular flexibility index (Phi) is 10.7. The first-order valence-corrected chi connectivity index (χ1v) is 12.6. The molecule has 4 rings (SSSR count). The van der Waals surface area contributed by atoms with E-state index in [1.165, 1.54) is 6.07 Å². The van der Waals surface area contributed by atoms with Gasteiger partial charge in [-0.25, -0.2) is 0 Å². The van der Waals surface area contributed by atoms with Crippen LogP contribution < -0.4 is 0 Å². The Bertz CT molecular complexity index is 1700. The number of hydrogen-bond donors (Lipinski definition) is 3. The maximum Gasteiger partial charge on any atom is 0.295 e. The number of aromatic hydroxyl groups is 1. The van der Waals surface area contributed by atoms with Gasteiger partial charge < -0.3 is 5.11 Å². The molecule has 0 aromatic heterocycles. The monoisotopic (exact) mass is 558 g/mol. The van der Waals surface area contributed by atoms with Gasteiger partial charge in [0.2, 0.25) is 0 Å². The van der Waals surface area contributed by atoms with Gasteiger partial charge in [-0.3, -0.25) is 9.11 Å². The summed E-state index contributed by atoms with van der Waals surface area (Å²) in [6.07, 6.45) is 0. The maximum atomic E-state index is 12.0. The molecule has 0 saturated carbocycles. The normalized spacial score (nSPS) is 11.9. The van der Waals surface area contributed by atoms with Crippen LogP contribution in [0.1, 0.15) is 0 Å². The second-order valence-corrected chi connectivity index (χ2v) is 9.97. The molecule has 0 saturated heterocycles. The van der Waals surface area contributed by atoms with Crippen LogP contribution in [0.15, 0.2) is 109 Å². The zero-order valence-electron chi connectivity index (χ0n) is 19.6. The predicted octanol–water partition coefficient (Wildman–Crippen LogP) is 5.11. The van der Waals surface area contributed by atoms with Gasteiger partial charge in [-0.05, 0) is 60.0 Å². The van der Waals surface area contributed by atoms with Crippen molar-refractivity contribution in [3.63, 3.8) is 0 Å². The molecule has 4 aromatic carbocycles. The molecule has 2 radical (unpaired) electrons. The van der Waals surface area contributed by atoms with E-state index in [0.29, 0.717) is 23.1 Å². The minimum Gasteiger partial charge on any atom is -0.506 e. The van der Waals surface area contributed by atoms with E-state index < -0.39 is 35.8 Å². The number of benzene rings is 4. The van der Waals surface area contributed by atoms with Crippen molar-refractivity contribution in [2.45, 2.75) is 9.79 Å². The second-order valence-electron chi connectivity index (χ2n) is 7.15. The molecule has 0 spiro atoms. The molecule has 37 heavy (non-hydrogen) atoms. The third-order valence-electron chi connectivity index (χ3n) is 4.73. The van der Waals surface area contributed by atoms with Gasteiger partial charge >= 0.3 is 0 Å². The standard InChI is InChI=1S/C22H16N4O7S2.2Na/c27-19-11-6-14-12-18(34(28,29)30)13-20(35(31,32)33)21(14)22(19)26-25-17-9-7-16(8-10-17)24-23-15-4-2-1-3-5-15;;/h1-13,27H,(H,28,29,30)(H,31,32,33);;. The molecule has 0 aliphatic heterocycles. The number of rotatable bonds is 6. The molecule has 0 atom stereocenters. The Morgan fingerprint density at radius 2 is 1.11 bits per heavy atom. The molecule has 4 aromatic rings. The molecule has 0 aliphatic rings. The van der Waals surface area contributed by atoms with Crippen molar-refractivity contribution in [3.05, 3.63) is 78.9 Å². The summed E-state index contributed by atoms with van der Waals surface area (Å²) in [6, 6.07) is 19.4. The van der Waals surface area contributed by atoms with Crippen LogP contribution in [-0.4, -0.2) is 90.2 Å². The SMILES string of the molecule is O=S(=O)(O)c1cc(S(=O)(=O)O)c2c(N=Nc3ccc(N=Nc4ccccc4)cc3)c(O)ccc2c1.[Na].[Na]. The van der Waals surface area contributed by atoms with Crippen molar-refractivity contribution < 1.29 is 31.0 Å². The van der Waals surface area contributed by atoms with Gasteiger partial charge in [0, 0.05) is 64.5 Å². The van der Waals surface area contributed by atoms with Crippen LogP contribution in [0.4, 0.5) is 22.7 Å². The summed E-state index contributed by atoms with van der Waals surface area (Å²) >= 11 is 0. The van der Waals surface area contributed by atoms with E-state index >= 15 is 0 Å². The van der Waals surface area contributed by atoms with E-state index in [-0.39, 0.29) is 75.6 Å². The predicted molar refractivity (Wildman–Crippen MR) is 138 cm³/mol. The Morgan fingerprint density at radius 3 is 1.62 bits per heavy atom. The van der Waals surface area contributed by atoms with Crippen molar-refractivity contribution in [3.8, 4) is 5.75 Å². The van der Waals surface area contributed by atoms with Gasteiger partial charge in [0.1, 0.15) is 16.3 Å². The molecule has 0 amide bonds. The third kappa shape index (κ3) is 7.74. The first-order valence-electron chi connectivity index (χ1n) is 9.76. The van der Waals surface area contributed by atoms with Crippen molar-refractivity contribution in [2.75, 3.05) is 0 Å². The maximum absolute atomic E-state index is 12.0. The third-order valence-corrected chi connectivity index (χ3v) is 6.44. The van der Waals surface area contributed by atoms with Crippen LogP contribution in [0, 0.1) is 0 Å². The molecule has 0 unspecified atom stereocenters. The number of hydrogen-bond acceptors (Lipinski definition) is 9. The molecular weight excluding hydrogens is 542 g/mol. The molecule has 11 nitrogen and oxygen atoms in total. The van der Waals surface area contributed by atoms with Crippen LogP contribution >= 0.6 is 0 Å². The summed E-state index contributed by atoms with van der Waals surface area (Å²) in [5.74, 6) is -0.473. The average molecular weight is 559 g/mol. The topological polar surface area (TPSA) is 178 Å². The fourth-order valence-corrected chi connectivity index (χ4v) is 4.49. The van der Waals surface area contributed by atoms with Crippen LogP contribution in [0.2, 0.25) is 0 Å². The van der Waals surface area contributed by atoms with E-state index in [2.05, 4.69) is 20.5 Å². The Labute approximate surface area is 256 Å². The van der Waals surface area contributed by atoms with E-state index in [1.54, 1.807) is 36.4 Å². The first-order chi connectivity index (χ1) is 16.5. The summed E-state index contributed by atoms with van der Waals surface area (Å²) in [6.45, 7) is 0. The summed E-state index contributed by atoms with van der Waals surface area (Å²) in [7, 11) is -9.77. The minimum atomic E-state index is -4.98. The molecule has 3 N–H and O–H groups in total. The van der Waals surface area contributed by atoms with Gasteiger partial charge in [0.05, 0.1) is 22.0 Å². The Morgan fingerprint density at radius 1 is 0.595 bits per heavy atom. The summed E-state index contributed by atoms with van der Waals surface area (Å²) in [5.41, 5.74) is 1.20. The van der Waals surface area contributed by atoms with E-state index in [9.17, 15) is 31.0 Å². The van der Waals surface area contributed by atoms with Gasteiger partial charge in [0.25, 0.3) is 20.2 Å². The van der Waals surface area contributed by atoms with Crippen molar-refractivity contribution in [1.82, 2.24) is 0 Å². The van der Waals surface area contributed by atoms with Gasteiger partial charge in [0.15, 0.2) is 0 Å². The van der Waals surface area contributed by atoms with E-state index in [4.69, 9.17) is 0 Å². The van der Waals surface area contributed by atoms with Gasteiger partial charge in [-0.2, -0.15) is 32.2 Å². The largest absolute Gasteiger partial charge is 0.506 e. The quantitative estimate of drug-likeness (QED) is 0.167. The van der Waals surface area contributed by atoms with Crippen molar-refractivity contribution in [2.24, 2.45) is 20.5 Å². The number of fused-ring (bicyclic) bond motifs is 1. The van der Waals surface area contributed by atoms with Crippen molar-refractivity contribution >= 4 is 113 Å². The molecule has 0 fully saturated rings. The molecule has 15 heteroatoms. The summed E-state index contributed by atoms with van der Waals surface area (Å²) in [5, 5.41) is 26.1. The van der Waals surface area contributed by atoms with Crippen LogP contribution in [0.5, 0.6) is 5.75 Å². The number of nitrogens with zero attached hydrogens (tertiary/aromatic N) is 4. The Balaban J connectivity index is 0.00000241. The summed E-state index contributed by atoms with van der Waals surface area (Å²) < 4.78 is 66.0. The van der Waals surface area contributed by atoms with E-state index in [1.807, 2.05) is 18.2 Å². The first kappa shape index (κ1) is 31.2. The molecule has 0 heterocycles. The van der Waals surface area contributed by atoms with Crippen molar-refractivity contribution in [1.29, 1.82) is 0 Å². The zero-order valence-corrected chi connectivity index (χ0v) is 25.2. The zero-order chi connectivity index (χ0) is 25.2. The molecule has 0 aliphatic carbocycles. The molecule has 180 valence electrons. The van der Waals surface area contributed by atoms with E-state index in [0.717, 1.165) is 12.1 Å².